The number of carbonyl (C=O) groups is 2. The Morgan fingerprint density at radius 1 is 0.892 bits per heavy atom. The summed E-state index contributed by atoms with van der Waals surface area (Å²) in [5, 5.41) is 3.12. The van der Waals surface area contributed by atoms with Crippen LogP contribution in [-0.4, -0.2) is 34.0 Å². The molecule has 0 aliphatic rings. The standard InChI is InChI=1S/C31H37BrN2O2S/c1-22-14-23(2)16-26(15-22)20-37-21-29(35)34(19-25-12-9-13-27(32)17-25)28(30(36)33-31(3,4)5)18-24-10-7-6-8-11-24/h6-17,28H,18-21H2,1-5H3,(H,33,36)/t28-/m0/s1. The van der Waals surface area contributed by atoms with E-state index in [-0.39, 0.29) is 11.8 Å². The summed E-state index contributed by atoms with van der Waals surface area (Å²) in [4.78, 5) is 29.1. The van der Waals surface area contributed by atoms with E-state index in [1.165, 1.54) is 16.7 Å². The molecule has 0 aliphatic carbocycles. The van der Waals surface area contributed by atoms with Crippen LogP contribution in [-0.2, 0) is 28.3 Å². The van der Waals surface area contributed by atoms with E-state index in [1.54, 1.807) is 16.7 Å². The average Bonchev–Trinajstić information content (AvgIpc) is 2.80. The Bertz CT molecular complexity index is 1190. The highest BCUT2D eigenvalue weighted by molar-refractivity contribution is 9.10. The van der Waals surface area contributed by atoms with Crippen molar-refractivity contribution in [1.82, 2.24) is 10.2 Å². The monoisotopic (exact) mass is 580 g/mol. The van der Waals surface area contributed by atoms with Gasteiger partial charge >= 0.3 is 0 Å². The van der Waals surface area contributed by atoms with Crippen LogP contribution in [0.15, 0.2) is 77.3 Å². The molecule has 0 bridgehead atoms. The molecule has 0 fully saturated rings. The first kappa shape index (κ1) is 29.0. The number of hydrogen-bond acceptors (Lipinski definition) is 3. The molecule has 4 nitrogen and oxygen atoms in total. The van der Waals surface area contributed by atoms with E-state index < -0.39 is 11.6 Å². The summed E-state index contributed by atoms with van der Waals surface area (Å²) in [7, 11) is 0. The van der Waals surface area contributed by atoms with Gasteiger partial charge in [-0.3, -0.25) is 9.59 Å². The molecule has 3 aromatic rings. The van der Waals surface area contributed by atoms with E-state index >= 15 is 0 Å². The number of nitrogens with zero attached hydrogens (tertiary/aromatic N) is 1. The van der Waals surface area contributed by atoms with E-state index in [0.29, 0.717) is 18.7 Å². The summed E-state index contributed by atoms with van der Waals surface area (Å²) in [5.41, 5.74) is 5.24. The zero-order valence-electron chi connectivity index (χ0n) is 22.4. The highest BCUT2D eigenvalue weighted by Gasteiger charge is 2.32. The number of aryl methyl sites for hydroxylation is 2. The molecule has 0 radical (unpaired) electrons. The first-order valence-electron chi connectivity index (χ1n) is 12.5. The van der Waals surface area contributed by atoms with Crippen molar-refractivity contribution in [2.75, 3.05) is 5.75 Å². The number of carbonyl (C=O) groups excluding carboxylic acids is 2. The number of thioether (sulfide) groups is 1. The quantitative estimate of drug-likeness (QED) is 0.285. The lowest BCUT2D eigenvalue weighted by molar-refractivity contribution is -0.140. The van der Waals surface area contributed by atoms with Crippen molar-refractivity contribution in [3.05, 3.63) is 105 Å². The van der Waals surface area contributed by atoms with Gasteiger partial charge in [-0.25, -0.2) is 0 Å². The molecule has 0 aromatic heterocycles. The molecule has 1 atom stereocenters. The van der Waals surface area contributed by atoms with Crippen molar-refractivity contribution in [3.63, 3.8) is 0 Å². The fraction of sp³-hybridized carbons (Fsp3) is 0.355. The average molecular weight is 582 g/mol. The molecule has 3 rings (SSSR count). The smallest absolute Gasteiger partial charge is 0.243 e. The zero-order valence-corrected chi connectivity index (χ0v) is 24.8. The molecule has 37 heavy (non-hydrogen) atoms. The van der Waals surface area contributed by atoms with Crippen molar-refractivity contribution >= 4 is 39.5 Å². The van der Waals surface area contributed by atoms with Gasteiger partial charge in [0, 0.05) is 28.7 Å². The molecular weight excluding hydrogens is 544 g/mol. The maximum atomic E-state index is 13.8. The van der Waals surface area contributed by atoms with Gasteiger partial charge in [0.15, 0.2) is 0 Å². The van der Waals surface area contributed by atoms with Crippen molar-refractivity contribution in [3.8, 4) is 0 Å². The maximum absolute atomic E-state index is 13.8. The van der Waals surface area contributed by atoms with Gasteiger partial charge in [-0.1, -0.05) is 87.7 Å². The third-order valence-corrected chi connectivity index (χ3v) is 7.27. The number of nitrogens with one attached hydrogen (secondary N) is 1. The Hall–Kier alpha value is -2.57. The molecule has 0 aliphatic heterocycles. The summed E-state index contributed by atoms with van der Waals surface area (Å²) in [5.74, 6) is 0.865. The van der Waals surface area contributed by atoms with E-state index in [2.05, 4.69) is 53.3 Å². The second kappa shape index (κ2) is 13.3. The van der Waals surface area contributed by atoms with Crippen LogP contribution >= 0.6 is 27.7 Å². The SMILES string of the molecule is Cc1cc(C)cc(CSCC(=O)N(Cc2cccc(Br)c2)[C@@H](Cc2ccccc2)C(=O)NC(C)(C)C)c1. The minimum Gasteiger partial charge on any atom is -0.350 e. The minimum absolute atomic E-state index is 0.0423. The summed E-state index contributed by atoms with van der Waals surface area (Å²) in [6.07, 6.45) is 0.449. The summed E-state index contributed by atoms with van der Waals surface area (Å²) in [6, 6.07) is 23.7. The van der Waals surface area contributed by atoms with Crippen molar-refractivity contribution in [1.29, 1.82) is 0 Å². The lowest BCUT2D eigenvalue weighted by Gasteiger charge is -2.34. The third-order valence-electron chi connectivity index (χ3n) is 5.79. The first-order chi connectivity index (χ1) is 17.5. The van der Waals surface area contributed by atoms with Gasteiger partial charge in [-0.15, -0.1) is 11.8 Å². The Balaban J connectivity index is 1.87. The van der Waals surface area contributed by atoms with Crippen LogP contribution in [0.4, 0.5) is 0 Å². The van der Waals surface area contributed by atoms with Gasteiger partial charge in [0.05, 0.1) is 5.75 Å². The van der Waals surface area contributed by atoms with Gasteiger partial charge in [0.1, 0.15) is 6.04 Å². The zero-order chi connectivity index (χ0) is 27.0. The normalized spacial score (nSPS) is 12.2. The van der Waals surface area contributed by atoms with E-state index in [4.69, 9.17) is 0 Å². The Morgan fingerprint density at radius 2 is 1.54 bits per heavy atom. The highest BCUT2D eigenvalue weighted by Crippen LogP contribution is 2.21. The van der Waals surface area contributed by atoms with Gasteiger partial charge in [-0.2, -0.15) is 0 Å². The maximum Gasteiger partial charge on any atom is 0.243 e. The molecule has 0 spiro atoms. The lowest BCUT2D eigenvalue weighted by atomic mass is 10.0. The number of hydrogen-bond donors (Lipinski definition) is 1. The first-order valence-corrected chi connectivity index (χ1v) is 14.5. The van der Waals surface area contributed by atoms with Crippen molar-refractivity contribution in [2.24, 2.45) is 0 Å². The number of amides is 2. The highest BCUT2D eigenvalue weighted by atomic mass is 79.9. The van der Waals surface area contributed by atoms with E-state index in [1.807, 2.05) is 75.4 Å². The Labute approximate surface area is 234 Å². The minimum atomic E-state index is -0.630. The molecule has 3 aromatic carbocycles. The van der Waals surface area contributed by atoms with Gasteiger partial charge in [0.2, 0.25) is 11.8 Å². The van der Waals surface area contributed by atoms with E-state index in [9.17, 15) is 9.59 Å². The Kier molecular flexibility index (Phi) is 10.4. The lowest BCUT2D eigenvalue weighted by Crippen LogP contribution is -2.54. The fourth-order valence-corrected chi connectivity index (χ4v) is 5.62. The van der Waals surface area contributed by atoms with Gasteiger partial charge < -0.3 is 10.2 Å². The predicted octanol–water partition coefficient (Wildman–Crippen LogP) is 6.85. The molecule has 0 saturated carbocycles. The largest absolute Gasteiger partial charge is 0.350 e. The molecule has 0 saturated heterocycles. The van der Waals surface area contributed by atoms with Crippen LogP contribution < -0.4 is 5.32 Å². The van der Waals surface area contributed by atoms with Crippen LogP contribution in [0.3, 0.4) is 0 Å². The predicted molar refractivity (Wildman–Crippen MR) is 159 cm³/mol. The van der Waals surface area contributed by atoms with Crippen molar-refractivity contribution < 1.29 is 9.59 Å². The summed E-state index contributed by atoms with van der Waals surface area (Å²) < 4.78 is 0.945. The fourth-order valence-electron chi connectivity index (χ4n) is 4.33. The van der Waals surface area contributed by atoms with Crippen LogP contribution in [0.25, 0.3) is 0 Å². The second-order valence-corrected chi connectivity index (χ2v) is 12.5. The number of halogens is 1. The molecule has 6 heteroatoms. The van der Waals surface area contributed by atoms with Gasteiger partial charge in [0.25, 0.3) is 0 Å². The molecule has 0 heterocycles. The number of benzene rings is 3. The van der Waals surface area contributed by atoms with Crippen molar-refractivity contribution in [2.45, 2.75) is 64.9 Å². The van der Waals surface area contributed by atoms with Crippen LogP contribution in [0.2, 0.25) is 0 Å². The Morgan fingerprint density at radius 3 is 2.16 bits per heavy atom. The number of rotatable bonds is 10. The van der Waals surface area contributed by atoms with Crippen LogP contribution in [0.1, 0.15) is 48.6 Å². The van der Waals surface area contributed by atoms with Gasteiger partial charge in [-0.05, 0) is 63.4 Å². The summed E-state index contributed by atoms with van der Waals surface area (Å²) >= 11 is 5.13. The molecular formula is C31H37BrN2O2S. The van der Waals surface area contributed by atoms with Crippen LogP contribution in [0, 0.1) is 13.8 Å². The molecule has 0 unspecified atom stereocenters. The van der Waals surface area contributed by atoms with E-state index in [0.717, 1.165) is 21.4 Å². The topological polar surface area (TPSA) is 49.4 Å². The molecule has 2 amide bonds. The second-order valence-electron chi connectivity index (χ2n) is 10.6. The molecule has 196 valence electrons. The molecule has 1 N–H and O–H groups in total. The third kappa shape index (κ3) is 9.67. The van der Waals surface area contributed by atoms with Crippen LogP contribution in [0.5, 0.6) is 0 Å². The summed E-state index contributed by atoms with van der Waals surface area (Å²) in [6.45, 7) is 10.4.